The third kappa shape index (κ3) is 694. The first-order valence-electron chi connectivity index (χ1n) is 3.06. The maximum absolute atomic E-state index is 8.58. The molecule has 24 heteroatoms. The minimum absolute atomic E-state index is 0. The predicted octanol–water partition coefficient (Wildman–Crippen LogP) is -13.0. The van der Waals surface area contributed by atoms with Crippen LogP contribution >= 0.6 is 0 Å². The first-order chi connectivity index (χ1) is 8.66. The van der Waals surface area contributed by atoms with E-state index in [9.17, 15) is 0 Å². The SMILES string of the molecule is [Ba+2].[Nb+5].[Nb+5].[O-2].[O]=[Ti]([O-])[O-].[O]=[Ti]([O-])[O-].[O]=[Ti]([O-])[O-].[O]=[Ti]([O-])[O-].[O]=[Ti]([O-])[O-]. The van der Waals surface area contributed by atoms with E-state index in [1.54, 1.807) is 0 Å². The standard InChI is InChI=1S/Ba.2Nb.16O.5Ti/q+2;2*+5;;;;;;-2;10*-1;;;;;. The summed E-state index contributed by atoms with van der Waals surface area (Å²) >= 11 is -20.4. The van der Waals surface area contributed by atoms with E-state index in [2.05, 4.69) is 0 Å². The molecule has 0 radical (unpaired) electrons. The molecule has 16 nitrogen and oxygen atoms in total. The van der Waals surface area contributed by atoms with Gasteiger partial charge in [-0.25, -0.2) is 0 Å². The van der Waals surface area contributed by atoms with Gasteiger partial charge in [-0.2, -0.15) is 0 Å². The third-order valence-corrected chi connectivity index (χ3v) is 0. The van der Waals surface area contributed by atoms with Gasteiger partial charge < -0.3 is 5.48 Å². The zero-order valence-corrected chi connectivity index (χ0v) is 27.3. The summed E-state index contributed by atoms with van der Waals surface area (Å²) in [4.78, 5) is 0. The van der Waals surface area contributed by atoms with Gasteiger partial charge in [0.1, 0.15) is 0 Å². The second-order valence-electron chi connectivity index (χ2n) is 1.25. The van der Waals surface area contributed by atoms with Crippen molar-refractivity contribution in [1.29, 1.82) is 0 Å². The van der Waals surface area contributed by atoms with Crippen LogP contribution in [0.2, 0.25) is 0 Å². The van der Waals surface area contributed by atoms with Crippen molar-refractivity contribution in [3.63, 3.8) is 0 Å². The monoisotopic (exact) mass is 819 g/mol. The molecule has 0 amide bonds. The summed E-state index contributed by atoms with van der Waals surface area (Å²) in [7, 11) is 0. The Hall–Kier alpha value is 5.18. The summed E-state index contributed by atoms with van der Waals surface area (Å²) in [6.07, 6.45) is 0. The Labute approximate surface area is 240 Å². The van der Waals surface area contributed by atoms with Crippen molar-refractivity contribution < 1.29 is 197 Å². The molecule has 0 aliphatic rings. The molecule has 0 bridgehead atoms. The van der Waals surface area contributed by atoms with Crippen molar-refractivity contribution in [2.24, 2.45) is 0 Å². The predicted molar refractivity (Wildman–Crippen MR) is 9.87 cm³/mol. The molecule has 0 rings (SSSR count). The summed E-state index contributed by atoms with van der Waals surface area (Å²) in [5, 5.41) is 0. The summed E-state index contributed by atoms with van der Waals surface area (Å²) in [5.74, 6) is 0. The zero-order chi connectivity index (χ0) is 17.9. The molecule has 0 aromatic carbocycles. The van der Waals surface area contributed by atoms with Gasteiger partial charge in [-0.3, -0.25) is 0 Å². The van der Waals surface area contributed by atoms with Gasteiger partial charge in [-0.05, 0) is 0 Å². The molecule has 0 spiro atoms. The summed E-state index contributed by atoms with van der Waals surface area (Å²) in [6, 6.07) is 0. The Kier molecular flexibility index (Phi) is 121. The van der Waals surface area contributed by atoms with E-state index in [1.165, 1.54) is 0 Å². The summed E-state index contributed by atoms with van der Waals surface area (Å²) < 4.78 is 129. The normalized spacial score (nSPS) is 5.42. The van der Waals surface area contributed by atoms with Crippen LogP contribution in [0.3, 0.4) is 0 Å². The van der Waals surface area contributed by atoms with E-state index >= 15 is 0 Å². The Bertz CT molecular complexity index is 217. The van der Waals surface area contributed by atoms with Gasteiger partial charge in [0, 0.05) is 0 Å². The van der Waals surface area contributed by atoms with Crippen LogP contribution in [0.5, 0.6) is 0 Å². The van der Waals surface area contributed by atoms with Gasteiger partial charge in [0.2, 0.25) is 0 Å². The molecule has 128 valence electrons. The number of rotatable bonds is 0. The first-order valence-corrected chi connectivity index (χ1v) is 12.6. The molecule has 0 aromatic heterocycles. The zero-order valence-electron chi connectivity index (χ0n) is 10.6. The molecule has 0 saturated heterocycles. The topological polar surface area (TPSA) is 344 Å². The molecule has 0 heterocycles. The van der Waals surface area contributed by atoms with Crippen molar-refractivity contribution in [2.75, 3.05) is 0 Å². The number of hydrogen-bond donors (Lipinski definition) is 0. The van der Waals surface area contributed by atoms with Crippen LogP contribution in [0.4, 0.5) is 0 Å². The molecule has 0 saturated carbocycles. The van der Waals surface area contributed by atoms with Gasteiger partial charge in [0.05, 0.1) is 0 Å². The average molecular weight is 818 g/mol. The van der Waals surface area contributed by atoms with Crippen LogP contribution in [-0.2, 0) is 160 Å². The summed E-state index contributed by atoms with van der Waals surface area (Å²) in [5.41, 5.74) is 0. The second-order valence-corrected chi connectivity index (χ2v) is 5.15. The molecule has 0 fully saturated rings. The Morgan fingerprint density at radius 2 is 0.375 bits per heavy atom. The second kappa shape index (κ2) is 51.1. The molecule has 0 aromatic rings. The van der Waals surface area contributed by atoms with Crippen molar-refractivity contribution in [2.45, 2.75) is 0 Å². The minimum atomic E-state index is -4.08. The van der Waals surface area contributed by atoms with Crippen molar-refractivity contribution >= 4 is 48.9 Å². The Balaban J connectivity index is -0.0000000161. The van der Waals surface area contributed by atoms with E-state index in [-0.39, 0.29) is 99.1 Å². The maximum atomic E-state index is 8.58. The van der Waals surface area contributed by atoms with Gasteiger partial charge in [-0.15, -0.1) is 0 Å². The molecule has 24 heavy (non-hydrogen) atoms. The van der Waals surface area contributed by atoms with Crippen molar-refractivity contribution in [3.8, 4) is 0 Å². The van der Waals surface area contributed by atoms with Crippen LogP contribution in [0.25, 0.3) is 0 Å². The molecule has 0 aliphatic carbocycles. The quantitative estimate of drug-likeness (QED) is 0.205. The first kappa shape index (κ1) is 56.9. The van der Waals surface area contributed by atoms with E-state index in [0.29, 0.717) is 0 Å². The van der Waals surface area contributed by atoms with E-state index in [0.717, 1.165) is 0 Å². The van der Waals surface area contributed by atoms with Crippen LogP contribution in [0.15, 0.2) is 0 Å². The van der Waals surface area contributed by atoms with Gasteiger partial charge >= 0.3 is 240 Å². The Morgan fingerprint density at radius 1 is 0.375 bits per heavy atom. The van der Waals surface area contributed by atoms with Gasteiger partial charge in [-0.1, -0.05) is 0 Å². The fraction of sp³-hybridized carbons (Fsp3) is 0. The Morgan fingerprint density at radius 3 is 0.375 bits per heavy atom. The van der Waals surface area contributed by atoms with Crippen molar-refractivity contribution in [3.05, 3.63) is 0 Å². The van der Waals surface area contributed by atoms with Gasteiger partial charge in [0.25, 0.3) is 0 Å². The fourth-order valence-corrected chi connectivity index (χ4v) is 0. The van der Waals surface area contributed by atoms with Crippen LogP contribution in [-0.4, -0.2) is 48.9 Å². The molecule has 0 unspecified atom stereocenters. The fourth-order valence-electron chi connectivity index (χ4n) is 0. The van der Waals surface area contributed by atoms with Crippen LogP contribution in [0, 0.1) is 0 Å². The summed E-state index contributed by atoms with van der Waals surface area (Å²) in [6.45, 7) is 0. The number of hydrogen-bond acceptors (Lipinski definition) is 15. The van der Waals surface area contributed by atoms with Crippen molar-refractivity contribution in [1.82, 2.24) is 0 Å². The molecule has 0 aliphatic heterocycles. The van der Waals surface area contributed by atoms with Gasteiger partial charge in [0.15, 0.2) is 0 Å². The molecular weight excluding hydrogens is 818 g/mol. The van der Waals surface area contributed by atoms with Crippen LogP contribution < -0.4 is 36.9 Å². The molecular formula is BaNb2O16Ti5. The van der Waals surface area contributed by atoms with E-state index < -0.39 is 93.1 Å². The molecule has 0 N–H and O–H groups in total. The van der Waals surface area contributed by atoms with Crippen LogP contribution in [0.1, 0.15) is 0 Å². The van der Waals surface area contributed by atoms with E-state index in [4.69, 9.17) is 53.5 Å². The average Bonchev–Trinajstić information content (AvgIpc) is 1.94. The third-order valence-electron chi connectivity index (χ3n) is 0. The van der Waals surface area contributed by atoms with E-state index in [1.807, 2.05) is 0 Å². The molecule has 0 atom stereocenters.